The summed E-state index contributed by atoms with van der Waals surface area (Å²) in [6.45, 7) is 0. The second-order valence-corrected chi connectivity index (χ2v) is 6.33. The van der Waals surface area contributed by atoms with E-state index < -0.39 is 0 Å². The zero-order chi connectivity index (χ0) is 16.2. The number of hydrogen-bond donors (Lipinski definition) is 1. The number of aromatic nitrogens is 2. The molecule has 0 atom stereocenters. The lowest BCUT2D eigenvalue weighted by Gasteiger charge is -2.10. The van der Waals surface area contributed by atoms with Crippen molar-refractivity contribution in [3.05, 3.63) is 64.6 Å². The highest BCUT2D eigenvalue weighted by molar-refractivity contribution is 7.98. The molecule has 0 saturated heterocycles. The van der Waals surface area contributed by atoms with Crippen LogP contribution in [0.4, 0.5) is 11.5 Å². The highest BCUT2D eigenvalue weighted by Crippen LogP contribution is 2.28. The maximum atomic E-state index is 6.06. The quantitative estimate of drug-likeness (QED) is 0.462. The topological polar surface area (TPSA) is 37.8 Å². The average molecular weight is 362 g/mol. The zero-order valence-electron chi connectivity index (χ0n) is 12.3. The van der Waals surface area contributed by atoms with Gasteiger partial charge in [-0.25, -0.2) is 9.97 Å². The normalized spacial score (nSPS) is 10.6. The number of hydrogen-bond acceptors (Lipinski definition) is 4. The van der Waals surface area contributed by atoms with Gasteiger partial charge in [0.2, 0.25) is 0 Å². The van der Waals surface area contributed by atoms with E-state index in [0.717, 1.165) is 16.9 Å². The Hall–Kier alpha value is -1.75. The first-order valence-electron chi connectivity index (χ1n) is 6.86. The molecule has 2 aromatic carbocycles. The molecule has 0 saturated carbocycles. The molecule has 1 heterocycles. The smallest absolute Gasteiger partial charge is 0.189 e. The van der Waals surface area contributed by atoms with E-state index in [9.17, 15) is 0 Å². The molecule has 0 radical (unpaired) electrons. The van der Waals surface area contributed by atoms with Gasteiger partial charge >= 0.3 is 0 Å². The van der Waals surface area contributed by atoms with Crippen molar-refractivity contribution in [2.24, 2.45) is 0 Å². The van der Waals surface area contributed by atoms with Crippen molar-refractivity contribution in [3.8, 4) is 11.3 Å². The third-order valence-electron chi connectivity index (χ3n) is 3.15. The summed E-state index contributed by atoms with van der Waals surface area (Å²) < 4.78 is 0. The van der Waals surface area contributed by atoms with E-state index in [4.69, 9.17) is 23.2 Å². The van der Waals surface area contributed by atoms with Crippen molar-refractivity contribution in [1.82, 2.24) is 9.97 Å². The van der Waals surface area contributed by atoms with Crippen molar-refractivity contribution in [1.29, 1.82) is 0 Å². The van der Waals surface area contributed by atoms with E-state index in [1.807, 2.05) is 48.7 Å². The predicted octanol–water partition coefficient (Wildman–Crippen LogP) is 5.92. The molecule has 0 unspecified atom stereocenters. The Labute approximate surface area is 149 Å². The van der Waals surface area contributed by atoms with E-state index in [2.05, 4.69) is 15.3 Å². The van der Waals surface area contributed by atoms with Gasteiger partial charge in [0.25, 0.3) is 0 Å². The number of nitrogens with zero attached hydrogens (tertiary/aromatic N) is 2. The van der Waals surface area contributed by atoms with Crippen LogP contribution in [-0.2, 0) is 0 Å². The van der Waals surface area contributed by atoms with Crippen LogP contribution in [0.3, 0.4) is 0 Å². The Morgan fingerprint density at radius 1 is 0.913 bits per heavy atom. The largest absolute Gasteiger partial charge is 0.340 e. The molecule has 116 valence electrons. The first-order valence-corrected chi connectivity index (χ1v) is 8.84. The van der Waals surface area contributed by atoms with Gasteiger partial charge in [-0.1, -0.05) is 65.3 Å². The summed E-state index contributed by atoms with van der Waals surface area (Å²) in [7, 11) is 0. The molecule has 3 nitrogen and oxygen atoms in total. The number of benzene rings is 2. The van der Waals surface area contributed by atoms with Crippen LogP contribution >= 0.6 is 35.0 Å². The van der Waals surface area contributed by atoms with Crippen LogP contribution in [0.2, 0.25) is 10.0 Å². The molecule has 1 N–H and O–H groups in total. The number of rotatable bonds is 4. The van der Waals surface area contributed by atoms with Crippen LogP contribution in [0, 0.1) is 0 Å². The maximum absolute atomic E-state index is 6.06. The van der Waals surface area contributed by atoms with Gasteiger partial charge in [0.15, 0.2) is 5.16 Å². The molecule has 6 heteroatoms. The fourth-order valence-corrected chi connectivity index (χ4v) is 2.74. The third-order valence-corrected chi connectivity index (χ3v) is 4.44. The number of halogens is 2. The minimum absolute atomic E-state index is 0.499. The van der Waals surface area contributed by atoms with Crippen LogP contribution in [0.1, 0.15) is 0 Å². The van der Waals surface area contributed by atoms with Gasteiger partial charge in [0.05, 0.1) is 15.7 Å². The molecule has 0 aliphatic carbocycles. The maximum Gasteiger partial charge on any atom is 0.189 e. The van der Waals surface area contributed by atoms with Crippen LogP contribution in [0.15, 0.2) is 59.8 Å². The summed E-state index contributed by atoms with van der Waals surface area (Å²) in [5.41, 5.74) is 2.74. The van der Waals surface area contributed by atoms with E-state index in [-0.39, 0.29) is 0 Å². The summed E-state index contributed by atoms with van der Waals surface area (Å²) in [6.07, 6.45) is 1.95. The Balaban J connectivity index is 1.97. The van der Waals surface area contributed by atoms with Crippen molar-refractivity contribution in [2.75, 3.05) is 11.6 Å². The second kappa shape index (κ2) is 7.21. The summed E-state index contributed by atoms with van der Waals surface area (Å²) in [6, 6.07) is 17.3. The lowest BCUT2D eigenvalue weighted by molar-refractivity contribution is 0.981. The van der Waals surface area contributed by atoms with E-state index >= 15 is 0 Å². The lowest BCUT2D eigenvalue weighted by atomic mass is 10.1. The summed E-state index contributed by atoms with van der Waals surface area (Å²) in [4.78, 5) is 9.05. The van der Waals surface area contributed by atoms with Gasteiger partial charge in [-0.3, -0.25) is 0 Å². The average Bonchev–Trinajstić information content (AvgIpc) is 2.58. The Morgan fingerprint density at radius 3 is 2.39 bits per heavy atom. The van der Waals surface area contributed by atoms with Gasteiger partial charge in [-0.05, 0) is 24.5 Å². The highest BCUT2D eigenvalue weighted by atomic mass is 35.5. The highest BCUT2D eigenvalue weighted by Gasteiger charge is 2.07. The van der Waals surface area contributed by atoms with E-state index in [0.29, 0.717) is 21.0 Å². The van der Waals surface area contributed by atoms with Crippen LogP contribution in [-0.4, -0.2) is 16.2 Å². The Kier molecular flexibility index (Phi) is 5.06. The van der Waals surface area contributed by atoms with Crippen molar-refractivity contribution >= 4 is 46.5 Å². The van der Waals surface area contributed by atoms with Gasteiger partial charge in [0, 0.05) is 17.3 Å². The number of anilines is 2. The van der Waals surface area contributed by atoms with Gasteiger partial charge < -0.3 is 5.32 Å². The van der Waals surface area contributed by atoms with Crippen LogP contribution < -0.4 is 5.32 Å². The molecular weight excluding hydrogens is 349 g/mol. The fraction of sp³-hybridized carbons (Fsp3) is 0.0588. The molecular formula is C17H13Cl2N3S. The Bertz CT molecular complexity index is 825. The molecule has 0 fully saturated rings. The van der Waals surface area contributed by atoms with E-state index in [1.165, 1.54) is 11.8 Å². The van der Waals surface area contributed by atoms with Crippen molar-refractivity contribution < 1.29 is 0 Å². The second-order valence-electron chi connectivity index (χ2n) is 4.75. The molecule has 23 heavy (non-hydrogen) atoms. The molecule has 3 rings (SSSR count). The monoisotopic (exact) mass is 361 g/mol. The Morgan fingerprint density at radius 2 is 1.70 bits per heavy atom. The molecule has 0 amide bonds. The number of thioether (sulfide) groups is 1. The first-order chi connectivity index (χ1) is 11.2. The molecule has 3 aromatic rings. The summed E-state index contributed by atoms with van der Waals surface area (Å²) in [5, 5.41) is 4.97. The van der Waals surface area contributed by atoms with Crippen molar-refractivity contribution in [3.63, 3.8) is 0 Å². The van der Waals surface area contributed by atoms with Gasteiger partial charge in [-0.15, -0.1) is 0 Å². The minimum atomic E-state index is 0.499. The summed E-state index contributed by atoms with van der Waals surface area (Å²) >= 11 is 13.5. The SMILES string of the molecule is CSc1nc(Nc2ccc(Cl)c(Cl)c2)cc(-c2ccccc2)n1. The molecule has 0 bridgehead atoms. The lowest BCUT2D eigenvalue weighted by Crippen LogP contribution is -1.98. The first kappa shape index (κ1) is 16.1. The van der Waals surface area contributed by atoms with E-state index in [1.54, 1.807) is 12.1 Å². The minimum Gasteiger partial charge on any atom is -0.340 e. The number of nitrogens with one attached hydrogen (secondary N) is 1. The third kappa shape index (κ3) is 3.96. The zero-order valence-corrected chi connectivity index (χ0v) is 14.6. The molecule has 0 aliphatic heterocycles. The molecule has 1 aromatic heterocycles. The van der Waals surface area contributed by atoms with Crippen LogP contribution in [0.5, 0.6) is 0 Å². The predicted molar refractivity (Wildman–Crippen MR) is 99.0 cm³/mol. The standard InChI is InChI=1S/C17H13Cl2N3S/c1-23-17-21-15(11-5-3-2-4-6-11)10-16(22-17)20-12-7-8-13(18)14(19)9-12/h2-10H,1H3,(H,20,21,22). The molecule has 0 spiro atoms. The van der Waals surface area contributed by atoms with Crippen molar-refractivity contribution in [2.45, 2.75) is 5.16 Å². The van der Waals surface area contributed by atoms with Gasteiger partial charge in [0.1, 0.15) is 5.82 Å². The summed E-state index contributed by atoms with van der Waals surface area (Å²) in [5.74, 6) is 0.710. The molecule has 0 aliphatic rings. The van der Waals surface area contributed by atoms with Crippen LogP contribution in [0.25, 0.3) is 11.3 Å². The fourth-order valence-electron chi connectivity index (χ4n) is 2.06. The van der Waals surface area contributed by atoms with Gasteiger partial charge in [-0.2, -0.15) is 0 Å².